The van der Waals surface area contributed by atoms with Crippen LogP contribution in [0.3, 0.4) is 0 Å². The van der Waals surface area contributed by atoms with Crippen LogP contribution in [0, 0.1) is 0 Å². The van der Waals surface area contributed by atoms with E-state index in [9.17, 15) is 0 Å². The Bertz CT molecular complexity index is 433. The number of pyridine rings is 1. The van der Waals surface area contributed by atoms with E-state index in [-0.39, 0.29) is 0 Å². The van der Waals surface area contributed by atoms with Crippen molar-refractivity contribution in [3.8, 4) is 0 Å². The van der Waals surface area contributed by atoms with Crippen molar-refractivity contribution in [3.63, 3.8) is 0 Å². The van der Waals surface area contributed by atoms with Crippen LogP contribution in [-0.4, -0.2) is 17.2 Å². The van der Waals surface area contributed by atoms with Gasteiger partial charge in [0.05, 0.1) is 11.4 Å². The predicted octanol–water partition coefficient (Wildman–Crippen LogP) is 2.87. The van der Waals surface area contributed by atoms with E-state index in [1.807, 2.05) is 18.3 Å². The Hall–Kier alpha value is -1.74. The number of allylic oxidation sites excluding steroid dienone is 2. The Morgan fingerprint density at radius 1 is 1.56 bits per heavy atom. The molecule has 0 radical (unpaired) electrons. The van der Waals surface area contributed by atoms with Crippen LogP contribution in [0.25, 0.3) is 0 Å². The molecular formula is C15H21N3. The molecule has 1 aromatic heterocycles. The molecule has 96 valence electrons. The summed E-state index contributed by atoms with van der Waals surface area (Å²) in [5.74, 6) is 0. The molecule has 0 aromatic carbocycles. The fraction of sp³-hybridized carbons (Fsp3) is 0.333. The van der Waals surface area contributed by atoms with Gasteiger partial charge < -0.3 is 5.73 Å². The second-order valence-corrected chi connectivity index (χ2v) is 3.95. The highest BCUT2D eigenvalue weighted by atomic mass is 14.8. The van der Waals surface area contributed by atoms with Gasteiger partial charge in [-0.15, -0.1) is 0 Å². The van der Waals surface area contributed by atoms with E-state index >= 15 is 0 Å². The van der Waals surface area contributed by atoms with Gasteiger partial charge in [-0.3, -0.25) is 9.98 Å². The zero-order valence-corrected chi connectivity index (χ0v) is 11.0. The Morgan fingerprint density at radius 2 is 2.39 bits per heavy atom. The number of rotatable bonds is 7. The SMILES string of the molecule is C=CC(=N/C=C\CC)c1cc(CCCN)ccn1. The van der Waals surface area contributed by atoms with Gasteiger partial charge in [0.15, 0.2) is 0 Å². The summed E-state index contributed by atoms with van der Waals surface area (Å²) in [5, 5.41) is 0. The normalized spacial score (nSPS) is 12.0. The molecule has 18 heavy (non-hydrogen) atoms. The van der Waals surface area contributed by atoms with Crippen molar-refractivity contribution in [2.75, 3.05) is 6.54 Å². The Kier molecular flexibility index (Phi) is 6.66. The average molecular weight is 243 g/mol. The summed E-state index contributed by atoms with van der Waals surface area (Å²) in [6.45, 7) is 6.57. The van der Waals surface area contributed by atoms with Gasteiger partial charge >= 0.3 is 0 Å². The van der Waals surface area contributed by atoms with E-state index in [0.717, 1.165) is 30.7 Å². The molecule has 0 atom stereocenters. The number of nitrogens with zero attached hydrogens (tertiary/aromatic N) is 2. The third-order valence-electron chi connectivity index (χ3n) is 2.50. The van der Waals surface area contributed by atoms with Crippen LogP contribution in [-0.2, 0) is 6.42 Å². The molecule has 0 aliphatic rings. The minimum atomic E-state index is 0.708. The lowest BCUT2D eigenvalue weighted by atomic mass is 10.1. The third-order valence-corrected chi connectivity index (χ3v) is 2.50. The zero-order chi connectivity index (χ0) is 13.2. The molecule has 0 spiro atoms. The highest BCUT2D eigenvalue weighted by Gasteiger charge is 2.01. The van der Waals surface area contributed by atoms with Crippen molar-refractivity contribution in [2.45, 2.75) is 26.2 Å². The molecular weight excluding hydrogens is 222 g/mol. The molecule has 0 fully saturated rings. The number of aliphatic imine (C=N–C) groups is 1. The molecule has 0 bridgehead atoms. The van der Waals surface area contributed by atoms with Crippen LogP contribution < -0.4 is 5.73 Å². The smallest absolute Gasteiger partial charge is 0.0888 e. The van der Waals surface area contributed by atoms with Crippen molar-refractivity contribution in [2.24, 2.45) is 10.7 Å². The van der Waals surface area contributed by atoms with E-state index in [1.165, 1.54) is 5.56 Å². The Labute approximate surface area is 109 Å². The van der Waals surface area contributed by atoms with E-state index in [1.54, 1.807) is 12.3 Å². The van der Waals surface area contributed by atoms with Crippen LogP contribution >= 0.6 is 0 Å². The lowest BCUT2D eigenvalue weighted by Gasteiger charge is -2.03. The average Bonchev–Trinajstić information content (AvgIpc) is 2.42. The Morgan fingerprint density at radius 3 is 3.06 bits per heavy atom. The highest BCUT2D eigenvalue weighted by Crippen LogP contribution is 2.07. The Balaban J connectivity index is 2.88. The van der Waals surface area contributed by atoms with E-state index in [4.69, 9.17) is 5.73 Å². The van der Waals surface area contributed by atoms with Gasteiger partial charge in [0, 0.05) is 12.4 Å². The molecule has 0 aliphatic heterocycles. The number of nitrogens with two attached hydrogens (primary N) is 1. The number of hydrogen-bond acceptors (Lipinski definition) is 3. The summed E-state index contributed by atoms with van der Waals surface area (Å²) in [6, 6.07) is 4.07. The van der Waals surface area contributed by atoms with Crippen molar-refractivity contribution in [1.29, 1.82) is 0 Å². The number of aryl methyl sites for hydroxylation is 1. The van der Waals surface area contributed by atoms with Crippen LogP contribution in [0.1, 0.15) is 31.0 Å². The second kappa shape index (κ2) is 8.37. The van der Waals surface area contributed by atoms with Gasteiger partial charge in [-0.25, -0.2) is 0 Å². The van der Waals surface area contributed by atoms with Gasteiger partial charge in [-0.05, 0) is 49.6 Å². The first kappa shape index (κ1) is 14.3. The lowest BCUT2D eigenvalue weighted by molar-refractivity contribution is 0.831. The van der Waals surface area contributed by atoms with E-state index in [0.29, 0.717) is 6.54 Å². The summed E-state index contributed by atoms with van der Waals surface area (Å²) >= 11 is 0. The van der Waals surface area contributed by atoms with Crippen LogP contribution in [0.5, 0.6) is 0 Å². The molecule has 1 heterocycles. The van der Waals surface area contributed by atoms with Crippen LogP contribution in [0.2, 0.25) is 0 Å². The van der Waals surface area contributed by atoms with Crippen molar-refractivity contribution >= 4 is 5.71 Å². The molecule has 0 saturated heterocycles. The fourth-order valence-corrected chi connectivity index (χ4v) is 1.54. The number of aromatic nitrogens is 1. The third kappa shape index (κ3) is 4.63. The van der Waals surface area contributed by atoms with E-state index in [2.05, 4.69) is 29.5 Å². The standard InChI is InChI=1S/C15H21N3/c1-3-5-10-17-14(4-2)15-12-13(7-6-9-16)8-11-18-15/h4-5,8,10-12H,2-3,6-7,9,16H2,1H3/b10-5-,17-14?. The molecule has 1 aromatic rings. The van der Waals surface area contributed by atoms with Gasteiger partial charge in [0.25, 0.3) is 0 Å². The maximum atomic E-state index is 5.52. The molecule has 0 amide bonds. The summed E-state index contributed by atoms with van der Waals surface area (Å²) in [6.07, 6.45) is 10.3. The molecule has 3 heteroatoms. The predicted molar refractivity (Wildman–Crippen MR) is 77.8 cm³/mol. The van der Waals surface area contributed by atoms with Crippen LogP contribution in [0.15, 0.2) is 48.3 Å². The molecule has 2 N–H and O–H groups in total. The topological polar surface area (TPSA) is 51.3 Å². The molecule has 0 unspecified atom stereocenters. The quantitative estimate of drug-likeness (QED) is 0.749. The first-order chi connectivity index (χ1) is 8.81. The summed E-state index contributed by atoms with van der Waals surface area (Å²) in [4.78, 5) is 8.68. The van der Waals surface area contributed by atoms with Gasteiger partial charge in [-0.1, -0.05) is 19.6 Å². The summed E-state index contributed by atoms with van der Waals surface area (Å²) in [5.41, 5.74) is 8.41. The van der Waals surface area contributed by atoms with Crippen molar-refractivity contribution in [1.82, 2.24) is 4.98 Å². The molecule has 0 aliphatic carbocycles. The monoisotopic (exact) mass is 243 g/mol. The first-order valence-corrected chi connectivity index (χ1v) is 6.32. The maximum Gasteiger partial charge on any atom is 0.0888 e. The maximum absolute atomic E-state index is 5.52. The van der Waals surface area contributed by atoms with Crippen LogP contribution in [0.4, 0.5) is 0 Å². The second-order valence-electron chi connectivity index (χ2n) is 3.95. The largest absolute Gasteiger partial charge is 0.330 e. The van der Waals surface area contributed by atoms with Crippen molar-refractivity contribution < 1.29 is 0 Å². The summed E-state index contributed by atoms with van der Waals surface area (Å²) < 4.78 is 0. The van der Waals surface area contributed by atoms with Crippen molar-refractivity contribution in [3.05, 3.63) is 54.5 Å². The minimum absolute atomic E-state index is 0.708. The summed E-state index contributed by atoms with van der Waals surface area (Å²) in [7, 11) is 0. The molecule has 3 nitrogen and oxygen atoms in total. The lowest BCUT2D eigenvalue weighted by Crippen LogP contribution is -2.03. The first-order valence-electron chi connectivity index (χ1n) is 6.32. The van der Waals surface area contributed by atoms with Gasteiger partial charge in [-0.2, -0.15) is 0 Å². The van der Waals surface area contributed by atoms with Gasteiger partial charge in [0.2, 0.25) is 0 Å². The molecule has 1 rings (SSSR count). The zero-order valence-electron chi connectivity index (χ0n) is 11.0. The fourth-order valence-electron chi connectivity index (χ4n) is 1.54. The van der Waals surface area contributed by atoms with E-state index < -0.39 is 0 Å². The van der Waals surface area contributed by atoms with Gasteiger partial charge in [0.1, 0.15) is 0 Å². The minimum Gasteiger partial charge on any atom is -0.330 e. The number of hydrogen-bond donors (Lipinski definition) is 1. The highest BCUT2D eigenvalue weighted by molar-refractivity contribution is 6.07. The molecule has 0 saturated carbocycles.